The van der Waals surface area contributed by atoms with Crippen LogP contribution in [0.3, 0.4) is 0 Å². The van der Waals surface area contributed by atoms with E-state index in [-0.39, 0.29) is 0 Å². The third kappa shape index (κ3) is 2.76. The molecule has 1 aromatic carbocycles. The quantitative estimate of drug-likeness (QED) is 0.726. The van der Waals surface area contributed by atoms with Crippen LogP contribution < -0.4 is 4.90 Å². The number of imidazole rings is 1. The summed E-state index contributed by atoms with van der Waals surface area (Å²) in [4.78, 5) is 6.71. The van der Waals surface area contributed by atoms with Crippen LogP contribution in [-0.2, 0) is 13.6 Å². The van der Waals surface area contributed by atoms with Gasteiger partial charge in [0.25, 0.3) is 0 Å². The Balaban J connectivity index is 1.95. The monoisotopic (exact) mass is 320 g/mol. The molecule has 0 bridgehead atoms. The second-order valence-electron chi connectivity index (χ2n) is 5.33. The Bertz CT molecular complexity index is 762. The molecule has 4 nitrogen and oxygen atoms in total. The molecule has 0 radical (unpaired) electrons. The highest BCUT2D eigenvalue weighted by Crippen LogP contribution is 2.27. The Morgan fingerprint density at radius 1 is 1.33 bits per heavy atom. The Kier molecular flexibility index (Phi) is 3.87. The maximum Gasteiger partial charge on any atom is 0.129 e. The molecule has 6 heteroatoms. The molecule has 0 saturated carbocycles. The first kappa shape index (κ1) is 14.4. The van der Waals surface area contributed by atoms with Gasteiger partial charge in [-0.15, -0.1) is 0 Å². The average molecular weight is 321 g/mol. The first-order valence-corrected chi connectivity index (χ1v) is 7.98. The largest absolute Gasteiger partial charge is 0.362 e. The van der Waals surface area contributed by atoms with Crippen LogP contribution in [0.1, 0.15) is 19.7 Å². The van der Waals surface area contributed by atoms with Crippen molar-refractivity contribution in [3.63, 3.8) is 0 Å². The van der Waals surface area contributed by atoms with Gasteiger partial charge in [-0.25, -0.2) is 4.98 Å². The third-order valence-corrected chi connectivity index (χ3v) is 4.76. The van der Waals surface area contributed by atoms with Gasteiger partial charge >= 0.3 is 0 Å². The molecule has 0 aliphatic rings. The number of rotatable bonds is 4. The molecule has 0 amide bonds. The molecule has 0 N–H and O–H groups in total. The fourth-order valence-corrected chi connectivity index (χ4v) is 3.11. The first-order chi connectivity index (χ1) is 10.1. The number of benzene rings is 1. The number of fused-ring (bicyclic) bond motifs is 1. The van der Waals surface area contributed by atoms with E-state index in [1.807, 2.05) is 17.8 Å². The lowest BCUT2D eigenvalue weighted by Crippen LogP contribution is -2.31. The highest BCUT2D eigenvalue weighted by atomic mass is 35.5. The average Bonchev–Trinajstić information content (AvgIpc) is 3.04. The van der Waals surface area contributed by atoms with E-state index in [9.17, 15) is 0 Å². The van der Waals surface area contributed by atoms with Gasteiger partial charge in [0.05, 0.1) is 17.4 Å². The van der Waals surface area contributed by atoms with E-state index in [1.165, 1.54) is 27.3 Å². The zero-order valence-electron chi connectivity index (χ0n) is 12.2. The van der Waals surface area contributed by atoms with Gasteiger partial charge in [0.2, 0.25) is 0 Å². The lowest BCUT2D eigenvalue weighted by Gasteiger charge is -2.28. The molecule has 0 atom stereocenters. The molecule has 0 spiro atoms. The van der Waals surface area contributed by atoms with Crippen molar-refractivity contribution < 1.29 is 0 Å². The topological polar surface area (TPSA) is 34.0 Å². The minimum absolute atomic E-state index is 0.365. The number of halogens is 1. The maximum atomic E-state index is 6.08. The van der Waals surface area contributed by atoms with Crippen LogP contribution in [0.4, 0.5) is 5.69 Å². The van der Waals surface area contributed by atoms with Gasteiger partial charge in [-0.3, -0.25) is 0 Å². The summed E-state index contributed by atoms with van der Waals surface area (Å²) < 4.78 is 7.37. The minimum Gasteiger partial charge on any atom is -0.362 e. The van der Waals surface area contributed by atoms with Crippen molar-refractivity contribution in [3.05, 3.63) is 41.6 Å². The Morgan fingerprint density at radius 2 is 2.14 bits per heavy atom. The fourth-order valence-electron chi connectivity index (χ4n) is 2.33. The molecule has 0 aliphatic carbocycles. The summed E-state index contributed by atoms with van der Waals surface area (Å²) in [6, 6.07) is 6.82. The highest BCUT2D eigenvalue weighted by molar-refractivity contribution is 7.13. The van der Waals surface area contributed by atoms with Crippen molar-refractivity contribution in [2.24, 2.45) is 7.05 Å². The number of hydrogen-bond donors (Lipinski definition) is 0. The van der Waals surface area contributed by atoms with E-state index >= 15 is 0 Å². The molecule has 110 valence electrons. The fraction of sp³-hybridized carbons (Fsp3) is 0.333. The molecular formula is C15H17ClN4S. The highest BCUT2D eigenvalue weighted by Gasteiger charge is 2.15. The molecule has 0 aliphatic heterocycles. The summed E-state index contributed by atoms with van der Waals surface area (Å²) in [6.07, 6.45) is 3.61. The molecule has 21 heavy (non-hydrogen) atoms. The third-order valence-electron chi connectivity index (χ3n) is 3.63. The van der Waals surface area contributed by atoms with Crippen molar-refractivity contribution in [2.45, 2.75) is 26.4 Å². The number of aromatic nitrogens is 3. The van der Waals surface area contributed by atoms with Crippen LogP contribution in [0.5, 0.6) is 0 Å². The normalized spacial score (nSPS) is 11.5. The van der Waals surface area contributed by atoms with Gasteiger partial charge in [-0.05, 0) is 43.6 Å². The smallest absolute Gasteiger partial charge is 0.129 e. The summed E-state index contributed by atoms with van der Waals surface area (Å²) in [5.41, 5.74) is 1.18. The molecular weight excluding hydrogens is 304 g/mol. The zero-order chi connectivity index (χ0) is 15.0. The Hall–Kier alpha value is -1.59. The zero-order valence-corrected chi connectivity index (χ0v) is 13.8. The lowest BCUT2D eigenvalue weighted by atomic mass is 10.2. The summed E-state index contributed by atoms with van der Waals surface area (Å²) in [7, 11) is 1.94. The van der Waals surface area contributed by atoms with E-state index in [4.69, 9.17) is 11.6 Å². The SMILES string of the molecule is CC(C)N(Cc1ncc(Cl)n1C)c1ccc2sncc2c1. The summed E-state index contributed by atoms with van der Waals surface area (Å²) >= 11 is 7.60. The van der Waals surface area contributed by atoms with Crippen LogP contribution in [0, 0.1) is 0 Å². The van der Waals surface area contributed by atoms with E-state index in [0.29, 0.717) is 11.2 Å². The van der Waals surface area contributed by atoms with Crippen molar-refractivity contribution in [1.82, 2.24) is 13.9 Å². The van der Waals surface area contributed by atoms with Crippen LogP contribution in [0.2, 0.25) is 5.15 Å². The predicted molar refractivity (Wildman–Crippen MR) is 89.2 cm³/mol. The minimum atomic E-state index is 0.365. The van der Waals surface area contributed by atoms with Crippen molar-refractivity contribution in [3.8, 4) is 0 Å². The van der Waals surface area contributed by atoms with E-state index in [1.54, 1.807) is 6.20 Å². The Morgan fingerprint density at radius 3 is 2.81 bits per heavy atom. The van der Waals surface area contributed by atoms with E-state index < -0.39 is 0 Å². The van der Waals surface area contributed by atoms with Crippen molar-refractivity contribution in [1.29, 1.82) is 0 Å². The first-order valence-electron chi connectivity index (χ1n) is 6.83. The van der Waals surface area contributed by atoms with Gasteiger partial charge in [0.1, 0.15) is 11.0 Å². The van der Waals surface area contributed by atoms with Gasteiger partial charge < -0.3 is 9.47 Å². The summed E-state index contributed by atoms with van der Waals surface area (Å²) in [5, 5.41) is 1.84. The van der Waals surface area contributed by atoms with E-state index in [2.05, 4.69) is 46.3 Å². The summed E-state index contributed by atoms with van der Waals surface area (Å²) in [6.45, 7) is 5.09. The van der Waals surface area contributed by atoms with Gasteiger partial charge in [0.15, 0.2) is 0 Å². The number of anilines is 1. The molecule has 3 aromatic rings. The molecule has 0 fully saturated rings. The molecule has 0 unspecified atom stereocenters. The predicted octanol–water partition coefficient (Wildman–Crippen LogP) is 4.10. The van der Waals surface area contributed by atoms with Crippen LogP contribution >= 0.6 is 23.1 Å². The van der Waals surface area contributed by atoms with Gasteiger partial charge in [-0.1, -0.05) is 11.6 Å². The second kappa shape index (κ2) is 5.66. The van der Waals surface area contributed by atoms with Crippen LogP contribution in [0.15, 0.2) is 30.6 Å². The number of hydrogen-bond acceptors (Lipinski definition) is 4. The van der Waals surface area contributed by atoms with Crippen LogP contribution in [0.25, 0.3) is 10.1 Å². The molecule has 2 heterocycles. The van der Waals surface area contributed by atoms with Crippen molar-refractivity contribution >= 4 is 38.9 Å². The second-order valence-corrected chi connectivity index (χ2v) is 6.55. The van der Waals surface area contributed by atoms with Gasteiger partial charge in [0, 0.05) is 30.4 Å². The van der Waals surface area contributed by atoms with E-state index in [0.717, 1.165) is 12.4 Å². The van der Waals surface area contributed by atoms with Gasteiger partial charge in [-0.2, -0.15) is 4.37 Å². The number of nitrogens with zero attached hydrogens (tertiary/aromatic N) is 4. The summed E-state index contributed by atoms with van der Waals surface area (Å²) in [5.74, 6) is 0.956. The Labute approximate surface area is 133 Å². The standard InChI is InChI=1S/C15H17ClN4S/c1-10(2)20(9-15-17-8-14(16)19(15)3)12-4-5-13-11(6-12)7-18-21-13/h4-8,10H,9H2,1-3H3. The molecule has 3 rings (SSSR count). The molecule has 0 saturated heterocycles. The molecule has 2 aromatic heterocycles. The van der Waals surface area contributed by atoms with Crippen molar-refractivity contribution in [2.75, 3.05) is 4.90 Å². The lowest BCUT2D eigenvalue weighted by molar-refractivity contribution is 0.645. The maximum absolute atomic E-state index is 6.08. The van der Waals surface area contributed by atoms with Crippen LogP contribution in [-0.4, -0.2) is 20.0 Å².